The molecule has 0 spiro atoms. The van der Waals surface area contributed by atoms with Crippen molar-refractivity contribution in [3.63, 3.8) is 0 Å². The monoisotopic (exact) mass is 192 g/mol. The van der Waals surface area contributed by atoms with Gasteiger partial charge in [-0.05, 0) is 12.5 Å². The average Bonchev–Trinajstić information content (AvgIpc) is 2.44. The van der Waals surface area contributed by atoms with E-state index in [1.54, 1.807) is 12.4 Å². The fourth-order valence-electron chi connectivity index (χ4n) is 1.76. The van der Waals surface area contributed by atoms with Gasteiger partial charge in [0.15, 0.2) is 0 Å². The van der Waals surface area contributed by atoms with Crippen molar-refractivity contribution in [3.05, 3.63) is 18.6 Å². The Morgan fingerprint density at radius 1 is 1.50 bits per heavy atom. The molecular formula is C10H16N4. The van der Waals surface area contributed by atoms with Crippen LogP contribution in [0.1, 0.15) is 6.92 Å². The van der Waals surface area contributed by atoms with Crippen molar-refractivity contribution < 1.29 is 0 Å². The third-order valence-electron chi connectivity index (χ3n) is 2.46. The molecular weight excluding hydrogens is 176 g/mol. The molecule has 1 aromatic rings. The number of nitrogens with zero attached hydrogens (tertiary/aromatic N) is 3. The SMILES string of the molecule is CC1CNCCN(c2cnccn2)C1. The molecule has 4 nitrogen and oxygen atoms in total. The van der Waals surface area contributed by atoms with Gasteiger partial charge in [0.1, 0.15) is 5.82 Å². The van der Waals surface area contributed by atoms with E-state index in [2.05, 4.69) is 27.1 Å². The predicted molar refractivity (Wildman–Crippen MR) is 56.3 cm³/mol. The predicted octanol–water partition coefficient (Wildman–Crippen LogP) is 0.522. The summed E-state index contributed by atoms with van der Waals surface area (Å²) in [6, 6.07) is 0. The molecule has 0 bridgehead atoms. The van der Waals surface area contributed by atoms with Gasteiger partial charge in [0.2, 0.25) is 0 Å². The van der Waals surface area contributed by atoms with Crippen molar-refractivity contribution in [2.24, 2.45) is 5.92 Å². The first-order chi connectivity index (χ1) is 6.86. The van der Waals surface area contributed by atoms with Gasteiger partial charge >= 0.3 is 0 Å². The zero-order valence-corrected chi connectivity index (χ0v) is 8.48. The molecule has 1 N–H and O–H groups in total. The molecule has 1 aliphatic rings. The highest BCUT2D eigenvalue weighted by Crippen LogP contribution is 2.11. The van der Waals surface area contributed by atoms with Crippen molar-refractivity contribution >= 4 is 5.82 Å². The van der Waals surface area contributed by atoms with Gasteiger partial charge < -0.3 is 10.2 Å². The number of rotatable bonds is 1. The molecule has 1 saturated heterocycles. The van der Waals surface area contributed by atoms with E-state index >= 15 is 0 Å². The second-order valence-electron chi connectivity index (χ2n) is 3.82. The molecule has 0 aromatic carbocycles. The third-order valence-corrected chi connectivity index (χ3v) is 2.46. The molecule has 1 aromatic heterocycles. The smallest absolute Gasteiger partial charge is 0.147 e. The van der Waals surface area contributed by atoms with Crippen molar-refractivity contribution in [1.82, 2.24) is 15.3 Å². The summed E-state index contributed by atoms with van der Waals surface area (Å²) >= 11 is 0. The largest absolute Gasteiger partial charge is 0.354 e. The number of anilines is 1. The molecule has 1 unspecified atom stereocenters. The summed E-state index contributed by atoms with van der Waals surface area (Å²) in [5.74, 6) is 1.66. The number of nitrogens with one attached hydrogen (secondary N) is 1. The van der Waals surface area contributed by atoms with Crippen LogP contribution >= 0.6 is 0 Å². The minimum atomic E-state index is 0.666. The van der Waals surface area contributed by atoms with Crippen LogP contribution in [0.5, 0.6) is 0 Å². The van der Waals surface area contributed by atoms with Crippen LogP contribution in [0.25, 0.3) is 0 Å². The van der Waals surface area contributed by atoms with E-state index < -0.39 is 0 Å². The molecule has 0 amide bonds. The highest BCUT2D eigenvalue weighted by Gasteiger charge is 2.15. The van der Waals surface area contributed by atoms with E-state index in [4.69, 9.17) is 0 Å². The van der Waals surface area contributed by atoms with E-state index in [0.29, 0.717) is 5.92 Å². The lowest BCUT2D eigenvalue weighted by atomic mass is 10.2. The Bertz CT molecular complexity index is 275. The summed E-state index contributed by atoms with van der Waals surface area (Å²) in [6.07, 6.45) is 5.29. The molecule has 14 heavy (non-hydrogen) atoms. The molecule has 0 saturated carbocycles. The second-order valence-corrected chi connectivity index (χ2v) is 3.82. The molecule has 4 heteroatoms. The van der Waals surface area contributed by atoms with Crippen molar-refractivity contribution in [2.75, 3.05) is 31.1 Å². The fraction of sp³-hybridized carbons (Fsp3) is 0.600. The van der Waals surface area contributed by atoms with Crippen LogP contribution in [0.4, 0.5) is 5.82 Å². The van der Waals surface area contributed by atoms with Crippen molar-refractivity contribution in [3.8, 4) is 0 Å². The Kier molecular flexibility index (Phi) is 2.93. The Morgan fingerprint density at radius 2 is 2.43 bits per heavy atom. The summed E-state index contributed by atoms with van der Waals surface area (Å²) in [5.41, 5.74) is 0. The molecule has 2 heterocycles. The van der Waals surface area contributed by atoms with E-state index in [1.165, 1.54) is 0 Å². The van der Waals surface area contributed by atoms with Crippen LogP contribution < -0.4 is 10.2 Å². The van der Waals surface area contributed by atoms with Crippen LogP contribution in [-0.4, -0.2) is 36.1 Å². The summed E-state index contributed by atoms with van der Waals surface area (Å²) < 4.78 is 0. The maximum Gasteiger partial charge on any atom is 0.147 e. The van der Waals surface area contributed by atoms with Crippen LogP contribution in [0.15, 0.2) is 18.6 Å². The lowest BCUT2D eigenvalue weighted by molar-refractivity contribution is 0.562. The van der Waals surface area contributed by atoms with Gasteiger partial charge in [0.25, 0.3) is 0 Å². The minimum absolute atomic E-state index is 0.666. The van der Waals surface area contributed by atoms with Crippen LogP contribution in [0, 0.1) is 5.92 Å². The van der Waals surface area contributed by atoms with Crippen LogP contribution in [0.2, 0.25) is 0 Å². The van der Waals surface area contributed by atoms with Crippen molar-refractivity contribution in [2.45, 2.75) is 6.92 Å². The highest BCUT2D eigenvalue weighted by atomic mass is 15.2. The normalized spacial score (nSPS) is 23.2. The standard InChI is InChI=1S/C10H16N4/c1-9-6-12-4-5-14(8-9)10-7-11-2-3-13-10/h2-3,7,9,12H,4-6,8H2,1H3. The quantitative estimate of drug-likeness (QED) is 0.704. The summed E-state index contributed by atoms with van der Waals surface area (Å²) in [6.45, 7) is 6.45. The first-order valence-electron chi connectivity index (χ1n) is 5.08. The van der Waals surface area contributed by atoms with Gasteiger partial charge in [-0.2, -0.15) is 0 Å². The maximum atomic E-state index is 4.31. The maximum absolute atomic E-state index is 4.31. The Morgan fingerprint density at radius 3 is 3.21 bits per heavy atom. The molecule has 1 atom stereocenters. The topological polar surface area (TPSA) is 41.0 Å². The van der Waals surface area contributed by atoms with E-state index in [9.17, 15) is 0 Å². The van der Waals surface area contributed by atoms with Gasteiger partial charge in [-0.15, -0.1) is 0 Å². The molecule has 0 aliphatic carbocycles. The Balaban J connectivity index is 2.09. The minimum Gasteiger partial charge on any atom is -0.354 e. The van der Waals surface area contributed by atoms with Gasteiger partial charge in [0, 0.05) is 32.0 Å². The Labute approximate surface area is 84.4 Å². The fourth-order valence-corrected chi connectivity index (χ4v) is 1.76. The molecule has 0 radical (unpaired) electrons. The van der Waals surface area contributed by atoms with Crippen LogP contribution in [-0.2, 0) is 0 Å². The average molecular weight is 192 g/mol. The van der Waals surface area contributed by atoms with Gasteiger partial charge in [0.05, 0.1) is 6.20 Å². The first-order valence-corrected chi connectivity index (χ1v) is 5.08. The zero-order chi connectivity index (χ0) is 9.80. The number of aromatic nitrogens is 2. The van der Waals surface area contributed by atoms with E-state index in [-0.39, 0.29) is 0 Å². The van der Waals surface area contributed by atoms with Gasteiger partial charge in [-0.25, -0.2) is 4.98 Å². The summed E-state index contributed by atoms with van der Waals surface area (Å²) in [4.78, 5) is 10.7. The summed E-state index contributed by atoms with van der Waals surface area (Å²) in [7, 11) is 0. The lowest BCUT2D eigenvalue weighted by Gasteiger charge is -2.22. The third kappa shape index (κ3) is 2.20. The highest BCUT2D eigenvalue weighted by molar-refractivity contribution is 5.35. The first kappa shape index (κ1) is 9.40. The van der Waals surface area contributed by atoms with Crippen LogP contribution in [0.3, 0.4) is 0 Å². The molecule has 2 rings (SSSR count). The Hall–Kier alpha value is -1.16. The molecule has 1 aliphatic heterocycles. The zero-order valence-electron chi connectivity index (χ0n) is 8.48. The van der Waals surface area contributed by atoms with Gasteiger partial charge in [-0.3, -0.25) is 4.98 Å². The second kappa shape index (κ2) is 4.37. The number of hydrogen-bond donors (Lipinski definition) is 1. The molecule has 76 valence electrons. The van der Waals surface area contributed by atoms with E-state index in [1.807, 2.05) is 6.20 Å². The number of hydrogen-bond acceptors (Lipinski definition) is 4. The van der Waals surface area contributed by atoms with Gasteiger partial charge in [-0.1, -0.05) is 6.92 Å². The molecule has 1 fully saturated rings. The lowest BCUT2D eigenvalue weighted by Crippen LogP contribution is -2.29. The summed E-state index contributed by atoms with van der Waals surface area (Å²) in [5, 5.41) is 3.41. The van der Waals surface area contributed by atoms with E-state index in [0.717, 1.165) is 32.0 Å². The van der Waals surface area contributed by atoms with Crippen molar-refractivity contribution in [1.29, 1.82) is 0 Å².